The van der Waals surface area contributed by atoms with E-state index in [2.05, 4.69) is 6.92 Å². The second-order valence-corrected chi connectivity index (χ2v) is 13.0. The average Bonchev–Trinajstić information content (AvgIpc) is 3.50. The molecular weight excluding hydrogens is 368 g/mol. The van der Waals surface area contributed by atoms with Crippen LogP contribution in [0.25, 0.3) is 0 Å². The van der Waals surface area contributed by atoms with Gasteiger partial charge in [-0.1, -0.05) is 13.3 Å². The van der Waals surface area contributed by atoms with E-state index in [4.69, 9.17) is 4.74 Å². The minimum Gasteiger partial charge on any atom is -0.466 e. The van der Waals surface area contributed by atoms with Crippen molar-refractivity contribution in [1.29, 1.82) is 0 Å². The van der Waals surface area contributed by atoms with Crippen LogP contribution >= 0.6 is 0 Å². The molecule has 11 unspecified atom stereocenters. The van der Waals surface area contributed by atoms with Crippen LogP contribution in [0.2, 0.25) is 0 Å². The maximum Gasteiger partial charge on any atom is 0.305 e. The maximum absolute atomic E-state index is 12.1. The van der Waals surface area contributed by atoms with Crippen molar-refractivity contribution in [1.82, 2.24) is 0 Å². The smallest absolute Gasteiger partial charge is 0.305 e. The lowest BCUT2D eigenvalue weighted by Crippen LogP contribution is -2.07. The fourth-order valence-corrected chi connectivity index (χ4v) is 7.63. The average molecular weight is 413 g/mol. The van der Waals surface area contributed by atoms with Gasteiger partial charge >= 0.3 is 5.97 Å². The predicted octanol–water partition coefficient (Wildman–Crippen LogP) is 6.87. The first-order chi connectivity index (χ1) is 14.6. The summed E-state index contributed by atoms with van der Waals surface area (Å²) in [6, 6.07) is 0. The predicted molar refractivity (Wildman–Crippen MR) is 120 cm³/mol. The molecule has 6 aliphatic rings. The molecule has 0 amide bonds. The molecule has 1 saturated heterocycles. The lowest BCUT2D eigenvalue weighted by molar-refractivity contribution is -0.144. The van der Waals surface area contributed by atoms with Crippen molar-refractivity contribution in [3.05, 3.63) is 0 Å². The van der Waals surface area contributed by atoms with E-state index < -0.39 is 0 Å². The Labute approximate surface area is 184 Å². The molecule has 0 spiro atoms. The van der Waals surface area contributed by atoms with E-state index >= 15 is 0 Å². The molecule has 11 atom stereocenters. The quantitative estimate of drug-likeness (QED) is 0.406. The number of hydrogen-bond donors (Lipinski definition) is 0. The molecule has 168 valence electrons. The largest absolute Gasteiger partial charge is 0.466 e. The highest BCUT2D eigenvalue weighted by molar-refractivity contribution is 5.69. The highest BCUT2D eigenvalue weighted by Gasteiger charge is 2.49. The van der Waals surface area contributed by atoms with Crippen molar-refractivity contribution in [2.24, 2.45) is 65.1 Å². The molecule has 1 heterocycles. The number of carbonyl (C=O) groups is 1. The molecular formula is C28H44O2. The van der Waals surface area contributed by atoms with Gasteiger partial charge in [0.05, 0.1) is 6.61 Å². The number of fused-ring (bicyclic) bond motifs is 5. The third-order valence-corrected chi connectivity index (χ3v) is 10.4. The zero-order valence-electron chi connectivity index (χ0n) is 19.3. The summed E-state index contributed by atoms with van der Waals surface area (Å²) in [4.78, 5) is 12.1. The molecule has 30 heavy (non-hydrogen) atoms. The van der Waals surface area contributed by atoms with E-state index in [-0.39, 0.29) is 5.97 Å². The molecule has 0 N–H and O–H groups in total. The number of rotatable bonds is 0. The second kappa shape index (κ2) is 8.11. The minimum atomic E-state index is 0.0794. The Morgan fingerprint density at radius 3 is 1.57 bits per heavy atom. The van der Waals surface area contributed by atoms with Crippen LogP contribution in [-0.4, -0.2) is 12.6 Å². The summed E-state index contributed by atoms with van der Waals surface area (Å²) >= 11 is 0. The van der Waals surface area contributed by atoms with Crippen LogP contribution in [0.5, 0.6) is 0 Å². The van der Waals surface area contributed by atoms with Crippen LogP contribution in [0.3, 0.4) is 0 Å². The van der Waals surface area contributed by atoms with Crippen LogP contribution in [0.1, 0.15) is 96.8 Å². The standard InChI is InChI=1S/C28H44O2/c1-17-2-3-18-9-22(18)13-23-10-19(23)4-5-28(29)30-7-6-20-11-24(20)14-26-16-27(26)15-25-12-21(25)8-17/h17-27H,2-16H2,1H3. The Balaban J connectivity index is 0.980. The van der Waals surface area contributed by atoms with E-state index in [1.165, 1.54) is 57.8 Å². The van der Waals surface area contributed by atoms with Crippen molar-refractivity contribution in [2.75, 3.05) is 6.61 Å². The van der Waals surface area contributed by atoms with Crippen molar-refractivity contribution < 1.29 is 9.53 Å². The lowest BCUT2D eigenvalue weighted by Gasteiger charge is -2.11. The Morgan fingerprint density at radius 2 is 0.967 bits per heavy atom. The van der Waals surface area contributed by atoms with Crippen molar-refractivity contribution in [3.8, 4) is 0 Å². The SMILES string of the molecule is CC1CCC2CC2CC2CC2CCC(=O)OCCC2CC2CC2CC2CC2CC2C1. The number of ether oxygens (including phenoxy) is 1. The Kier molecular flexibility index (Phi) is 5.43. The van der Waals surface area contributed by atoms with Gasteiger partial charge in [0.1, 0.15) is 0 Å². The molecule has 5 saturated carbocycles. The van der Waals surface area contributed by atoms with E-state index in [9.17, 15) is 4.79 Å². The van der Waals surface area contributed by atoms with Crippen molar-refractivity contribution in [3.63, 3.8) is 0 Å². The van der Waals surface area contributed by atoms with Gasteiger partial charge in [-0.2, -0.15) is 0 Å². The fraction of sp³-hybridized carbons (Fsp3) is 0.964. The summed E-state index contributed by atoms with van der Waals surface area (Å²) in [7, 11) is 0. The van der Waals surface area contributed by atoms with Gasteiger partial charge in [-0.15, -0.1) is 0 Å². The molecule has 0 bridgehead atoms. The van der Waals surface area contributed by atoms with Crippen molar-refractivity contribution >= 4 is 5.97 Å². The first-order valence-corrected chi connectivity index (χ1v) is 13.8. The molecule has 6 rings (SSSR count). The Morgan fingerprint density at radius 1 is 0.533 bits per heavy atom. The zero-order chi connectivity index (χ0) is 20.2. The molecule has 0 aromatic carbocycles. The molecule has 1 aliphatic heterocycles. The monoisotopic (exact) mass is 412 g/mol. The summed E-state index contributed by atoms with van der Waals surface area (Å²) < 4.78 is 5.59. The first-order valence-electron chi connectivity index (χ1n) is 13.8. The number of carbonyl (C=O) groups excluding carboxylic acids is 1. The van der Waals surface area contributed by atoms with Gasteiger partial charge in [0, 0.05) is 6.42 Å². The van der Waals surface area contributed by atoms with E-state index in [0.29, 0.717) is 13.0 Å². The van der Waals surface area contributed by atoms with E-state index in [1.54, 1.807) is 12.8 Å². The van der Waals surface area contributed by atoms with Gasteiger partial charge in [0.25, 0.3) is 0 Å². The summed E-state index contributed by atoms with van der Waals surface area (Å²) in [5.41, 5.74) is 0. The van der Waals surface area contributed by atoms with Gasteiger partial charge in [0.15, 0.2) is 0 Å². The molecule has 6 fully saturated rings. The highest BCUT2D eigenvalue weighted by Crippen LogP contribution is 2.59. The van der Waals surface area contributed by atoms with Gasteiger partial charge in [-0.05, 0) is 142 Å². The molecule has 0 radical (unpaired) electrons. The molecule has 2 nitrogen and oxygen atoms in total. The van der Waals surface area contributed by atoms with Gasteiger partial charge < -0.3 is 4.74 Å². The number of hydrogen-bond acceptors (Lipinski definition) is 2. The van der Waals surface area contributed by atoms with Crippen molar-refractivity contribution in [2.45, 2.75) is 96.8 Å². The molecule has 0 aromatic rings. The Hall–Kier alpha value is -0.530. The topological polar surface area (TPSA) is 26.3 Å². The molecule has 5 aliphatic carbocycles. The summed E-state index contributed by atoms with van der Waals surface area (Å²) in [6.07, 6.45) is 19.3. The number of esters is 1. The third-order valence-electron chi connectivity index (χ3n) is 10.4. The third kappa shape index (κ3) is 5.09. The van der Waals surface area contributed by atoms with Crippen LogP contribution in [0.4, 0.5) is 0 Å². The summed E-state index contributed by atoms with van der Waals surface area (Å²) in [5.74, 6) is 11.1. The van der Waals surface area contributed by atoms with Crippen LogP contribution in [0, 0.1) is 65.1 Å². The Bertz CT molecular complexity index is 643. The van der Waals surface area contributed by atoms with E-state index in [0.717, 1.165) is 77.9 Å². The fourth-order valence-electron chi connectivity index (χ4n) is 7.63. The van der Waals surface area contributed by atoms with Crippen LogP contribution in [-0.2, 0) is 9.53 Å². The number of cyclic esters (lactones) is 1. The van der Waals surface area contributed by atoms with Gasteiger partial charge in [-0.3, -0.25) is 4.79 Å². The van der Waals surface area contributed by atoms with Crippen LogP contribution < -0.4 is 0 Å². The minimum absolute atomic E-state index is 0.0794. The zero-order valence-corrected chi connectivity index (χ0v) is 19.3. The summed E-state index contributed by atoms with van der Waals surface area (Å²) in [5, 5.41) is 0. The highest BCUT2D eigenvalue weighted by atomic mass is 16.5. The maximum atomic E-state index is 12.1. The molecule has 2 heteroatoms. The normalized spacial score (nSPS) is 53.5. The van der Waals surface area contributed by atoms with Gasteiger partial charge in [0.2, 0.25) is 0 Å². The van der Waals surface area contributed by atoms with Crippen LogP contribution in [0.15, 0.2) is 0 Å². The second-order valence-electron chi connectivity index (χ2n) is 13.0. The van der Waals surface area contributed by atoms with Gasteiger partial charge in [-0.25, -0.2) is 0 Å². The lowest BCUT2D eigenvalue weighted by atomic mass is 9.95. The summed E-state index contributed by atoms with van der Waals surface area (Å²) in [6.45, 7) is 3.23. The van der Waals surface area contributed by atoms with E-state index in [1.807, 2.05) is 0 Å². The first kappa shape index (κ1) is 20.1. The molecule has 0 aromatic heterocycles.